The molecule has 28 heavy (non-hydrogen) atoms. The highest BCUT2D eigenvalue weighted by Crippen LogP contribution is 2.30. The van der Waals surface area contributed by atoms with Gasteiger partial charge in [-0.2, -0.15) is 0 Å². The number of carboxylic acids is 1. The van der Waals surface area contributed by atoms with Crippen molar-refractivity contribution in [1.29, 1.82) is 0 Å². The number of para-hydroxylation sites is 1. The minimum absolute atomic E-state index is 0.0288. The highest BCUT2D eigenvalue weighted by Gasteiger charge is 2.31. The Balaban J connectivity index is 1.49. The van der Waals surface area contributed by atoms with Crippen LogP contribution in [0, 0.1) is 0 Å². The van der Waals surface area contributed by atoms with Gasteiger partial charge in [-0.05, 0) is 37.3 Å². The Bertz CT molecular complexity index is 857. The van der Waals surface area contributed by atoms with E-state index < -0.39 is 11.9 Å². The second kappa shape index (κ2) is 9.04. The molecule has 1 aromatic carbocycles. The molecule has 3 rings (SSSR count). The van der Waals surface area contributed by atoms with Crippen LogP contribution in [-0.2, 0) is 14.4 Å². The lowest BCUT2D eigenvalue weighted by Gasteiger charge is -2.22. The summed E-state index contributed by atoms with van der Waals surface area (Å²) in [7, 11) is 0. The number of carbonyl (C=O) groups is 3. The highest BCUT2D eigenvalue weighted by atomic mass is 16.4. The number of rotatable bonds is 9. The number of carbonyl (C=O) groups excluding carboxylic acids is 2. The molecule has 150 valence electrons. The number of fused-ring (bicyclic) bond motifs is 1. The quantitative estimate of drug-likeness (QED) is 0.642. The number of ketones is 1. The van der Waals surface area contributed by atoms with Gasteiger partial charge in [-0.15, -0.1) is 0 Å². The molecule has 2 heterocycles. The number of unbranched alkanes of at least 4 members (excludes halogenated alkanes) is 2. The van der Waals surface area contributed by atoms with Crippen LogP contribution in [0.5, 0.6) is 0 Å². The fourth-order valence-corrected chi connectivity index (χ4v) is 4.26. The van der Waals surface area contributed by atoms with Gasteiger partial charge in [0, 0.05) is 37.0 Å². The van der Waals surface area contributed by atoms with Crippen LogP contribution in [-0.4, -0.2) is 45.2 Å². The second-order valence-electron chi connectivity index (χ2n) is 7.62. The van der Waals surface area contributed by atoms with Gasteiger partial charge in [0.15, 0.2) is 5.78 Å². The Hall–Kier alpha value is -2.63. The molecular weight excluding hydrogens is 356 g/mol. The summed E-state index contributed by atoms with van der Waals surface area (Å²) in [5, 5.41) is 10.6. The third-order valence-corrected chi connectivity index (χ3v) is 5.74. The maximum atomic E-state index is 12.4. The Morgan fingerprint density at radius 1 is 1.21 bits per heavy atom. The summed E-state index contributed by atoms with van der Waals surface area (Å²) >= 11 is 0. The van der Waals surface area contributed by atoms with Crippen molar-refractivity contribution in [1.82, 2.24) is 9.88 Å². The number of aromatic amines is 1. The van der Waals surface area contributed by atoms with Crippen LogP contribution >= 0.6 is 0 Å². The molecular formula is C22H28N2O4. The number of aromatic nitrogens is 1. The van der Waals surface area contributed by atoms with Crippen LogP contribution in [0.1, 0.15) is 63.4 Å². The number of hydrogen-bond donors (Lipinski definition) is 2. The highest BCUT2D eigenvalue weighted by molar-refractivity contribution is 5.89. The number of likely N-dealkylation sites (tertiary alicyclic amines) is 1. The summed E-state index contributed by atoms with van der Waals surface area (Å²) in [6.07, 6.45) is 6.76. The van der Waals surface area contributed by atoms with Crippen molar-refractivity contribution >= 4 is 28.6 Å². The molecule has 2 aromatic rings. The molecule has 1 fully saturated rings. The third kappa shape index (κ3) is 4.43. The second-order valence-corrected chi connectivity index (χ2v) is 7.62. The molecule has 0 saturated carbocycles. The third-order valence-electron chi connectivity index (χ3n) is 5.74. The van der Waals surface area contributed by atoms with Crippen molar-refractivity contribution < 1.29 is 19.5 Å². The van der Waals surface area contributed by atoms with E-state index in [2.05, 4.69) is 4.98 Å². The first kappa shape index (κ1) is 20.1. The summed E-state index contributed by atoms with van der Waals surface area (Å²) in [6, 6.07) is 7.47. The van der Waals surface area contributed by atoms with E-state index in [9.17, 15) is 19.5 Å². The SMILES string of the molecule is CC(=O)N1CCC[C@H]1C(=O)CCCCCC(C(=O)O)c1c[nH]c2ccccc12. The van der Waals surface area contributed by atoms with Gasteiger partial charge in [-0.3, -0.25) is 14.4 Å². The van der Waals surface area contributed by atoms with Gasteiger partial charge in [-0.25, -0.2) is 0 Å². The Kier molecular flexibility index (Phi) is 6.49. The van der Waals surface area contributed by atoms with Gasteiger partial charge in [0.1, 0.15) is 0 Å². The minimum Gasteiger partial charge on any atom is -0.481 e. The number of benzene rings is 1. The van der Waals surface area contributed by atoms with Crippen molar-refractivity contribution in [3.8, 4) is 0 Å². The predicted molar refractivity (Wildman–Crippen MR) is 107 cm³/mol. The molecule has 1 aromatic heterocycles. The maximum absolute atomic E-state index is 12.4. The van der Waals surface area contributed by atoms with Crippen LogP contribution in [0.25, 0.3) is 10.9 Å². The lowest BCUT2D eigenvalue weighted by molar-refractivity contribution is -0.139. The van der Waals surface area contributed by atoms with E-state index in [1.165, 1.54) is 6.92 Å². The zero-order chi connectivity index (χ0) is 20.1. The summed E-state index contributed by atoms with van der Waals surface area (Å²) in [6.45, 7) is 2.19. The standard InChI is InChI=1S/C22H28N2O4/c1-15(25)24-13-7-11-20(24)21(26)12-4-2-3-9-17(22(27)28)18-14-23-19-10-6-5-8-16(18)19/h5-6,8,10,14,17,20,23H,2-4,7,9,11-13H2,1H3,(H,27,28)/t17?,20-/m0/s1. The largest absolute Gasteiger partial charge is 0.481 e. The van der Waals surface area contributed by atoms with Crippen LogP contribution < -0.4 is 0 Å². The summed E-state index contributed by atoms with van der Waals surface area (Å²) in [5.41, 5.74) is 1.77. The van der Waals surface area contributed by atoms with Crippen molar-refractivity contribution in [3.63, 3.8) is 0 Å². The number of H-pyrrole nitrogens is 1. The molecule has 6 heteroatoms. The van der Waals surface area contributed by atoms with Gasteiger partial charge in [-0.1, -0.05) is 31.0 Å². The van der Waals surface area contributed by atoms with Gasteiger partial charge in [0.2, 0.25) is 5.91 Å². The molecule has 1 aliphatic heterocycles. The van der Waals surface area contributed by atoms with Crippen LogP contribution in [0.2, 0.25) is 0 Å². The Labute approximate surface area is 164 Å². The van der Waals surface area contributed by atoms with Crippen molar-refractivity contribution in [2.24, 2.45) is 0 Å². The first-order valence-corrected chi connectivity index (χ1v) is 10.1. The lowest BCUT2D eigenvalue weighted by atomic mass is 9.92. The number of hydrogen-bond acceptors (Lipinski definition) is 3. The number of carboxylic acid groups (broad SMARTS) is 1. The van der Waals surface area contributed by atoms with E-state index in [4.69, 9.17) is 0 Å². The minimum atomic E-state index is -0.816. The van der Waals surface area contributed by atoms with Crippen LogP contribution in [0.3, 0.4) is 0 Å². The molecule has 0 bridgehead atoms. The van der Waals surface area contributed by atoms with Crippen LogP contribution in [0.4, 0.5) is 0 Å². The van der Waals surface area contributed by atoms with Gasteiger partial charge in [0.25, 0.3) is 0 Å². The molecule has 1 amide bonds. The fourth-order valence-electron chi connectivity index (χ4n) is 4.26. The zero-order valence-corrected chi connectivity index (χ0v) is 16.3. The average molecular weight is 384 g/mol. The smallest absolute Gasteiger partial charge is 0.311 e. The van der Waals surface area contributed by atoms with E-state index in [0.717, 1.165) is 48.6 Å². The number of Topliss-reactive ketones (excluding diaryl/α,β-unsaturated/α-hetero) is 1. The maximum Gasteiger partial charge on any atom is 0.311 e. The normalized spacial score (nSPS) is 17.8. The molecule has 6 nitrogen and oxygen atoms in total. The monoisotopic (exact) mass is 384 g/mol. The van der Waals surface area contributed by atoms with Crippen molar-refractivity contribution in [2.75, 3.05) is 6.54 Å². The van der Waals surface area contributed by atoms with Gasteiger partial charge >= 0.3 is 5.97 Å². The van der Waals surface area contributed by atoms with Crippen molar-refractivity contribution in [2.45, 2.75) is 63.8 Å². The molecule has 1 unspecified atom stereocenters. The molecule has 0 spiro atoms. The number of amides is 1. The molecule has 1 saturated heterocycles. The first-order valence-electron chi connectivity index (χ1n) is 10.1. The van der Waals surface area contributed by atoms with E-state index in [0.29, 0.717) is 19.4 Å². The van der Waals surface area contributed by atoms with E-state index in [1.807, 2.05) is 24.3 Å². The number of nitrogens with zero attached hydrogens (tertiary/aromatic N) is 1. The summed E-state index contributed by atoms with van der Waals surface area (Å²) in [5.74, 6) is -1.25. The first-order chi connectivity index (χ1) is 13.5. The summed E-state index contributed by atoms with van der Waals surface area (Å²) in [4.78, 5) is 40.6. The zero-order valence-electron chi connectivity index (χ0n) is 16.3. The predicted octanol–water partition coefficient (Wildman–Crippen LogP) is 3.87. The Morgan fingerprint density at radius 3 is 2.75 bits per heavy atom. The molecule has 2 N–H and O–H groups in total. The number of nitrogens with one attached hydrogen (secondary N) is 1. The van der Waals surface area contributed by atoms with Gasteiger partial charge < -0.3 is 15.0 Å². The molecule has 0 radical (unpaired) electrons. The molecule has 2 atom stereocenters. The molecule has 1 aliphatic rings. The average Bonchev–Trinajstić information content (AvgIpc) is 3.31. The van der Waals surface area contributed by atoms with Gasteiger partial charge in [0.05, 0.1) is 12.0 Å². The van der Waals surface area contributed by atoms with Crippen LogP contribution in [0.15, 0.2) is 30.5 Å². The Morgan fingerprint density at radius 2 is 2.00 bits per heavy atom. The summed E-state index contributed by atoms with van der Waals surface area (Å²) < 4.78 is 0. The lowest BCUT2D eigenvalue weighted by Crippen LogP contribution is -2.39. The number of aliphatic carboxylic acids is 1. The topological polar surface area (TPSA) is 90.5 Å². The molecule has 0 aliphatic carbocycles. The fraction of sp³-hybridized carbons (Fsp3) is 0.500. The van der Waals surface area contributed by atoms with Crippen molar-refractivity contribution in [3.05, 3.63) is 36.0 Å². The van der Waals surface area contributed by atoms with E-state index >= 15 is 0 Å². The van der Waals surface area contributed by atoms with E-state index in [1.54, 1.807) is 11.1 Å². The van der Waals surface area contributed by atoms with E-state index in [-0.39, 0.29) is 17.7 Å².